The van der Waals surface area contributed by atoms with Gasteiger partial charge in [-0.25, -0.2) is 4.98 Å². The van der Waals surface area contributed by atoms with Crippen molar-refractivity contribution in [3.8, 4) is 5.69 Å². The van der Waals surface area contributed by atoms with Crippen molar-refractivity contribution in [2.24, 2.45) is 0 Å². The molecule has 3 aromatic carbocycles. The summed E-state index contributed by atoms with van der Waals surface area (Å²) in [4.78, 5) is 43.8. The topological polar surface area (TPSA) is 96.3 Å². The molecule has 0 saturated carbocycles. The molecule has 3 amide bonds. The van der Waals surface area contributed by atoms with Gasteiger partial charge < -0.3 is 15.5 Å². The first kappa shape index (κ1) is 24.7. The molecule has 1 aromatic heterocycles. The van der Waals surface area contributed by atoms with E-state index in [4.69, 9.17) is 0 Å². The minimum atomic E-state index is -0.264. The molecule has 2 N–H and O–H groups in total. The normalized spacial score (nSPS) is 10.8. The van der Waals surface area contributed by atoms with E-state index in [1.165, 1.54) is 0 Å². The minimum Gasteiger partial charge on any atom is -0.355 e. The third-order valence-electron chi connectivity index (χ3n) is 6.14. The molecule has 0 saturated heterocycles. The second-order valence-corrected chi connectivity index (χ2v) is 8.33. The number of carbonyl (C=O) groups excluding carboxylic acids is 3. The van der Waals surface area contributed by atoms with Crippen LogP contribution in [0.5, 0.6) is 0 Å². The number of hydrogen-bond acceptors (Lipinski definition) is 4. The predicted molar refractivity (Wildman–Crippen MR) is 141 cm³/mol. The molecule has 0 aliphatic heterocycles. The van der Waals surface area contributed by atoms with Crippen molar-refractivity contribution in [2.75, 3.05) is 25.5 Å². The molecular weight excluding hydrogens is 454 g/mol. The maximum absolute atomic E-state index is 13.0. The molecule has 0 aliphatic carbocycles. The summed E-state index contributed by atoms with van der Waals surface area (Å²) >= 11 is 0. The van der Waals surface area contributed by atoms with Crippen LogP contribution in [0.2, 0.25) is 0 Å². The minimum absolute atomic E-state index is 0.0321. The molecule has 0 spiro atoms. The Morgan fingerprint density at radius 2 is 1.44 bits per heavy atom. The number of nitrogens with one attached hydrogen (secondary N) is 2. The van der Waals surface area contributed by atoms with Crippen LogP contribution in [0.25, 0.3) is 16.7 Å². The van der Waals surface area contributed by atoms with Crippen molar-refractivity contribution in [3.05, 3.63) is 89.2 Å². The molecule has 0 unspecified atom stereocenters. The average molecular weight is 484 g/mol. The number of carbonyl (C=O) groups is 3. The standard InChI is InChI=1S/C28H29N5O3/c1-5-32(6-2)28(36)20-7-12-22(13-8-20)31-27(35)21-11-16-24-25(17-21)33(18(3)30-24)23-14-9-19(10-15-23)26(34)29-4/h7-17H,5-6H2,1-4H3,(H,29,34)(H,31,35). The maximum atomic E-state index is 13.0. The fourth-order valence-corrected chi connectivity index (χ4v) is 4.16. The van der Waals surface area contributed by atoms with Gasteiger partial charge in [0.25, 0.3) is 17.7 Å². The number of rotatable bonds is 7. The monoisotopic (exact) mass is 483 g/mol. The molecule has 0 radical (unpaired) electrons. The van der Waals surface area contributed by atoms with Gasteiger partial charge in [0.15, 0.2) is 0 Å². The zero-order valence-electron chi connectivity index (χ0n) is 20.8. The second-order valence-electron chi connectivity index (χ2n) is 8.33. The molecular formula is C28H29N5O3. The first-order valence-corrected chi connectivity index (χ1v) is 11.9. The van der Waals surface area contributed by atoms with E-state index >= 15 is 0 Å². The van der Waals surface area contributed by atoms with E-state index in [0.717, 1.165) is 22.5 Å². The van der Waals surface area contributed by atoms with Gasteiger partial charge in [0.05, 0.1) is 11.0 Å². The van der Waals surface area contributed by atoms with Gasteiger partial charge >= 0.3 is 0 Å². The van der Waals surface area contributed by atoms with Crippen molar-refractivity contribution in [1.82, 2.24) is 19.8 Å². The van der Waals surface area contributed by atoms with Crippen molar-refractivity contribution < 1.29 is 14.4 Å². The smallest absolute Gasteiger partial charge is 0.255 e. The molecule has 8 nitrogen and oxygen atoms in total. The fraction of sp³-hybridized carbons (Fsp3) is 0.214. The summed E-state index contributed by atoms with van der Waals surface area (Å²) in [6.07, 6.45) is 0. The quantitative estimate of drug-likeness (QED) is 0.407. The Bertz CT molecular complexity index is 1420. The maximum Gasteiger partial charge on any atom is 0.255 e. The molecule has 1 heterocycles. The molecule has 0 atom stereocenters. The van der Waals surface area contributed by atoms with E-state index in [9.17, 15) is 14.4 Å². The summed E-state index contributed by atoms with van der Waals surface area (Å²) in [5.41, 5.74) is 4.62. The highest BCUT2D eigenvalue weighted by molar-refractivity contribution is 6.06. The Morgan fingerprint density at radius 3 is 2.06 bits per heavy atom. The Balaban J connectivity index is 1.58. The predicted octanol–water partition coefficient (Wildman–Crippen LogP) is 4.43. The lowest BCUT2D eigenvalue weighted by atomic mass is 10.1. The number of nitrogens with zero attached hydrogens (tertiary/aromatic N) is 3. The summed E-state index contributed by atoms with van der Waals surface area (Å²) in [5.74, 6) is 0.317. The first-order valence-electron chi connectivity index (χ1n) is 11.9. The van der Waals surface area contributed by atoms with Gasteiger partial charge in [-0.1, -0.05) is 0 Å². The van der Waals surface area contributed by atoms with Crippen LogP contribution in [0.1, 0.15) is 50.7 Å². The Morgan fingerprint density at radius 1 is 0.833 bits per heavy atom. The molecule has 0 aliphatic rings. The van der Waals surface area contributed by atoms with Crippen molar-refractivity contribution in [3.63, 3.8) is 0 Å². The van der Waals surface area contributed by atoms with Crippen LogP contribution >= 0.6 is 0 Å². The molecule has 8 heteroatoms. The lowest BCUT2D eigenvalue weighted by Crippen LogP contribution is -2.30. The summed E-state index contributed by atoms with van der Waals surface area (Å²) in [6.45, 7) is 7.07. The van der Waals surface area contributed by atoms with Gasteiger partial charge in [-0.15, -0.1) is 0 Å². The van der Waals surface area contributed by atoms with Crippen LogP contribution in [0, 0.1) is 6.92 Å². The number of hydrogen-bond donors (Lipinski definition) is 2. The number of imidazole rings is 1. The number of aryl methyl sites for hydroxylation is 1. The van der Waals surface area contributed by atoms with E-state index in [1.54, 1.807) is 60.5 Å². The van der Waals surface area contributed by atoms with Crippen LogP contribution in [0.3, 0.4) is 0 Å². The first-order chi connectivity index (χ1) is 17.4. The molecule has 0 fully saturated rings. The number of aromatic nitrogens is 2. The summed E-state index contributed by atoms with van der Waals surface area (Å²) in [6, 6.07) is 19.5. The lowest BCUT2D eigenvalue weighted by molar-refractivity contribution is 0.0772. The van der Waals surface area contributed by atoms with Crippen molar-refractivity contribution in [2.45, 2.75) is 20.8 Å². The lowest BCUT2D eigenvalue weighted by Gasteiger charge is -2.18. The molecule has 36 heavy (non-hydrogen) atoms. The van der Waals surface area contributed by atoms with Crippen LogP contribution in [0.4, 0.5) is 5.69 Å². The third kappa shape index (κ3) is 4.84. The second kappa shape index (κ2) is 10.4. The summed E-state index contributed by atoms with van der Waals surface area (Å²) in [5, 5.41) is 5.51. The van der Waals surface area contributed by atoms with Gasteiger partial charge in [0.1, 0.15) is 5.82 Å². The van der Waals surface area contributed by atoms with E-state index in [0.29, 0.717) is 35.5 Å². The summed E-state index contributed by atoms with van der Waals surface area (Å²) < 4.78 is 1.95. The van der Waals surface area contributed by atoms with Gasteiger partial charge in [-0.3, -0.25) is 19.0 Å². The van der Waals surface area contributed by atoms with E-state index in [1.807, 2.05) is 43.5 Å². The fourth-order valence-electron chi connectivity index (χ4n) is 4.16. The van der Waals surface area contributed by atoms with Crippen molar-refractivity contribution >= 4 is 34.4 Å². The zero-order valence-corrected chi connectivity index (χ0v) is 20.8. The highest BCUT2D eigenvalue weighted by Gasteiger charge is 2.15. The van der Waals surface area contributed by atoms with Gasteiger partial charge in [0.2, 0.25) is 0 Å². The van der Waals surface area contributed by atoms with Gasteiger partial charge in [0, 0.05) is 48.2 Å². The molecule has 0 bridgehead atoms. The summed E-state index contributed by atoms with van der Waals surface area (Å²) in [7, 11) is 1.59. The Labute approximate surface area is 209 Å². The van der Waals surface area contributed by atoms with Gasteiger partial charge in [-0.2, -0.15) is 0 Å². The van der Waals surface area contributed by atoms with Crippen molar-refractivity contribution in [1.29, 1.82) is 0 Å². The third-order valence-corrected chi connectivity index (χ3v) is 6.14. The number of anilines is 1. The van der Waals surface area contributed by atoms with Gasteiger partial charge in [-0.05, 0) is 87.5 Å². The zero-order chi connectivity index (χ0) is 25.8. The van der Waals surface area contributed by atoms with E-state index in [2.05, 4.69) is 15.6 Å². The van der Waals surface area contributed by atoms with Crippen LogP contribution in [-0.2, 0) is 0 Å². The number of fused-ring (bicyclic) bond motifs is 1. The average Bonchev–Trinajstić information content (AvgIpc) is 3.24. The van der Waals surface area contributed by atoms with Crippen LogP contribution < -0.4 is 10.6 Å². The van der Waals surface area contributed by atoms with Crippen LogP contribution in [0.15, 0.2) is 66.7 Å². The molecule has 184 valence electrons. The van der Waals surface area contributed by atoms with E-state index in [-0.39, 0.29) is 17.7 Å². The number of amides is 3. The Kier molecular flexibility index (Phi) is 7.15. The Hall–Kier alpha value is -4.46. The van der Waals surface area contributed by atoms with Crippen LogP contribution in [-0.4, -0.2) is 52.3 Å². The highest BCUT2D eigenvalue weighted by atomic mass is 16.2. The largest absolute Gasteiger partial charge is 0.355 e. The number of benzene rings is 3. The highest BCUT2D eigenvalue weighted by Crippen LogP contribution is 2.24. The molecule has 4 aromatic rings. The SMILES string of the molecule is CCN(CC)C(=O)c1ccc(NC(=O)c2ccc3nc(C)n(-c4ccc(C(=O)NC)cc4)c3c2)cc1. The molecule has 4 rings (SSSR count). The van der Waals surface area contributed by atoms with E-state index < -0.39 is 0 Å².